The number of halogens is 2. The Labute approximate surface area is 108 Å². The number of nitrogens with one attached hydrogen (secondary N) is 2. The summed E-state index contributed by atoms with van der Waals surface area (Å²) in [4.78, 5) is 18.4. The van der Waals surface area contributed by atoms with Crippen LogP contribution in [0.15, 0.2) is 36.7 Å². The number of alkyl halides is 2. The van der Waals surface area contributed by atoms with Gasteiger partial charge >= 0.3 is 0 Å². The van der Waals surface area contributed by atoms with E-state index in [9.17, 15) is 13.6 Å². The van der Waals surface area contributed by atoms with E-state index in [0.29, 0.717) is 19.0 Å². The number of allylic oxidation sites excluding steroid dienone is 1. The van der Waals surface area contributed by atoms with Gasteiger partial charge in [-0.15, -0.1) is 0 Å². The summed E-state index contributed by atoms with van der Waals surface area (Å²) in [6, 6.07) is 3.77. The maximum atomic E-state index is 11.8. The van der Waals surface area contributed by atoms with E-state index in [4.69, 9.17) is 0 Å². The fourth-order valence-electron chi connectivity index (χ4n) is 1.76. The normalized spacial score (nSPS) is 11.5. The fraction of sp³-hybridized carbons (Fsp3) is 0.231. The summed E-state index contributed by atoms with van der Waals surface area (Å²) in [5.41, 5.74) is 1.82. The zero-order valence-electron chi connectivity index (χ0n) is 10.1. The van der Waals surface area contributed by atoms with Gasteiger partial charge in [-0.3, -0.25) is 4.79 Å². The molecule has 1 amide bonds. The highest BCUT2D eigenvalue weighted by Gasteiger charge is 2.04. The van der Waals surface area contributed by atoms with Crippen molar-refractivity contribution in [2.45, 2.75) is 12.8 Å². The lowest BCUT2D eigenvalue weighted by Gasteiger charge is -2.01. The minimum atomic E-state index is -2.61. The molecule has 0 aliphatic heterocycles. The van der Waals surface area contributed by atoms with Gasteiger partial charge in [0, 0.05) is 30.4 Å². The summed E-state index contributed by atoms with van der Waals surface area (Å²) in [5, 5.41) is 3.55. The number of H-pyrrole nitrogens is 1. The average Bonchev–Trinajstić information content (AvgIpc) is 2.80. The van der Waals surface area contributed by atoms with Gasteiger partial charge in [-0.05, 0) is 30.2 Å². The third-order valence-corrected chi connectivity index (χ3v) is 2.62. The number of carbonyl (C=O) groups is 1. The molecular weight excluding hydrogens is 252 g/mol. The van der Waals surface area contributed by atoms with Crippen LogP contribution in [0, 0.1) is 0 Å². The number of hydrogen-bond donors (Lipinski definition) is 2. The van der Waals surface area contributed by atoms with Crippen molar-refractivity contribution in [2.24, 2.45) is 0 Å². The third-order valence-electron chi connectivity index (χ3n) is 2.62. The lowest BCUT2D eigenvalue weighted by Crippen LogP contribution is -2.23. The molecule has 2 rings (SSSR count). The van der Waals surface area contributed by atoms with E-state index in [1.54, 1.807) is 6.20 Å². The molecule has 0 saturated heterocycles. The molecule has 0 aliphatic carbocycles. The first-order valence-corrected chi connectivity index (χ1v) is 5.82. The van der Waals surface area contributed by atoms with Crippen LogP contribution in [-0.2, 0) is 11.2 Å². The second-order valence-electron chi connectivity index (χ2n) is 3.95. The zero-order chi connectivity index (χ0) is 13.7. The molecule has 0 aliphatic rings. The highest BCUT2D eigenvalue weighted by Crippen LogP contribution is 2.15. The number of amides is 1. The van der Waals surface area contributed by atoms with E-state index in [0.717, 1.165) is 22.7 Å². The second-order valence-corrected chi connectivity index (χ2v) is 3.95. The van der Waals surface area contributed by atoms with Gasteiger partial charge in [-0.1, -0.05) is 0 Å². The number of rotatable bonds is 5. The topological polar surface area (TPSA) is 57.8 Å². The van der Waals surface area contributed by atoms with Crippen molar-refractivity contribution in [2.75, 3.05) is 6.54 Å². The predicted octanol–water partition coefficient (Wildman–Crippen LogP) is 2.04. The molecule has 0 radical (unpaired) electrons. The van der Waals surface area contributed by atoms with Crippen molar-refractivity contribution < 1.29 is 13.6 Å². The molecule has 0 fully saturated rings. The van der Waals surface area contributed by atoms with Crippen molar-refractivity contribution in [3.05, 3.63) is 42.2 Å². The number of nitrogens with zero attached hydrogens (tertiary/aromatic N) is 1. The minimum absolute atomic E-state index is 0.383. The van der Waals surface area contributed by atoms with Gasteiger partial charge < -0.3 is 10.3 Å². The molecule has 0 saturated carbocycles. The molecule has 0 spiro atoms. The van der Waals surface area contributed by atoms with Crippen molar-refractivity contribution in [3.8, 4) is 0 Å². The van der Waals surface area contributed by atoms with E-state index in [2.05, 4.69) is 15.3 Å². The predicted molar refractivity (Wildman–Crippen MR) is 68.0 cm³/mol. The van der Waals surface area contributed by atoms with Gasteiger partial charge in [-0.2, -0.15) is 0 Å². The Morgan fingerprint density at radius 1 is 1.53 bits per heavy atom. The third kappa shape index (κ3) is 3.61. The Morgan fingerprint density at radius 2 is 2.37 bits per heavy atom. The lowest BCUT2D eigenvalue weighted by atomic mass is 10.1. The minimum Gasteiger partial charge on any atom is -0.352 e. The largest absolute Gasteiger partial charge is 0.352 e. The molecule has 100 valence electrons. The number of aromatic nitrogens is 2. The van der Waals surface area contributed by atoms with Gasteiger partial charge in [0.2, 0.25) is 5.91 Å². The van der Waals surface area contributed by atoms with Crippen LogP contribution in [0.3, 0.4) is 0 Å². The van der Waals surface area contributed by atoms with Crippen molar-refractivity contribution in [1.82, 2.24) is 15.3 Å². The maximum absolute atomic E-state index is 11.8. The molecular formula is C13H13F2N3O. The number of pyridine rings is 1. The molecule has 4 nitrogen and oxygen atoms in total. The van der Waals surface area contributed by atoms with Crippen LogP contribution in [-0.4, -0.2) is 28.8 Å². The zero-order valence-corrected chi connectivity index (χ0v) is 10.1. The molecule has 2 aromatic heterocycles. The van der Waals surface area contributed by atoms with Crippen molar-refractivity contribution >= 4 is 16.9 Å². The lowest BCUT2D eigenvalue weighted by molar-refractivity contribution is -0.116. The summed E-state index contributed by atoms with van der Waals surface area (Å²) >= 11 is 0. The van der Waals surface area contributed by atoms with E-state index in [1.807, 2.05) is 18.3 Å². The van der Waals surface area contributed by atoms with Gasteiger partial charge in [0.25, 0.3) is 6.43 Å². The Bertz CT molecular complexity index is 592. The van der Waals surface area contributed by atoms with Gasteiger partial charge in [-0.25, -0.2) is 13.8 Å². The highest BCUT2D eigenvalue weighted by atomic mass is 19.3. The van der Waals surface area contributed by atoms with Crippen molar-refractivity contribution in [3.63, 3.8) is 0 Å². The molecule has 19 heavy (non-hydrogen) atoms. The number of carbonyl (C=O) groups excluding carboxylic acids is 1. The smallest absolute Gasteiger partial charge is 0.257 e. The SMILES string of the molecule is O=C(/C=C/C(F)F)NCCc1c[nH]c2ncccc12. The van der Waals surface area contributed by atoms with Crippen LogP contribution in [0.2, 0.25) is 0 Å². The Hall–Kier alpha value is -2.24. The number of hydrogen-bond acceptors (Lipinski definition) is 2. The highest BCUT2D eigenvalue weighted by molar-refractivity contribution is 5.87. The van der Waals surface area contributed by atoms with Crippen LogP contribution in [0.4, 0.5) is 8.78 Å². The fourth-order valence-corrected chi connectivity index (χ4v) is 1.76. The Morgan fingerprint density at radius 3 is 3.16 bits per heavy atom. The van der Waals surface area contributed by atoms with E-state index in [1.165, 1.54) is 0 Å². The van der Waals surface area contributed by atoms with E-state index in [-0.39, 0.29) is 0 Å². The van der Waals surface area contributed by atoms with Crippen LogP contribution >= 0.6 is 0 Å². The second kappa shape index (κ2) is 6.08. The van der Waals surface area contributed by atoms with E-state index >= 15 is 0 Å². The molecule has 2 heterocycles. The summed E-state index contributed by atoms with van der Waals surface area (Å²) in [6.45, 7) is 0.383. The maximum Gasteiger partial charge on any atom is 0.257 e. The van der Waals surface area contributed by atoms with Gasteiger partial charge in [0.05, 0.1) is 0 Å². The van der Waals surface area contributed by atoms with Crippen LogP contribution in [0.1, 0.15) is 5.56 Å². The van der Waals surface area contributed by atoms with Crippen molar-refractivity contribution in [1.29, 1.82) is 0 Å². The molecule has 0 atom stereocenters. The summed E-state index contributed by atoms with van der Waals surface area (Å²) in [6.07, 6.45) is 2.94. The molecule has 0 bridgehead atoms. The van der Waals surface area contributed by atoms with Gasteiger partial charge in [0.15, 0.2) is 0 Å². The average molecular weight is 265 g/mol. The standard InChI is InChI=1S/C13H13F2N3O/c14-11(15)3-4-12(19)16-7-5-9-8-18-13-10(9)2-1-6-17-13/h1-4,6,8,11H,5,7H2,(H,16,19)(H,17,18)/b4-3+. The summed E-state index contributed by atoms with van der Waals surface area (Å²) in [5.74, 6) is -0.515. The quantitative estimate of drug-likeness (QED) is 0.813. The first-order chi connectivity index (χ1) is 9.16. The van der Waals surface area contributed by atoms with Crippen LogP contribution in [0.25, 0.3) is 11.0 Å². The molecule has 6 heteroatoms. The first kappa shape index (κ1) is 13.2. The van der Waals surface area contributed by atoms with Crippen LogP contribution < -0.4 is 5.32 Å². The monoisotopic (exact) mass is 265 g/mol. The summed E-state index contributed by atoms with van der Waals surface area (Å²) < 4.78 is 23.7. The molecule has 2 aromatic rings. The molecule has 2 N–H and O–H groups in total. The van der Waals surface area contributed by atoms with Crippen LogP contribution in [0.5, 0.6) is 0 Å². The Kier molecular flexibility index (Phi) is 4.22. The van der Waals surface area contributed by atoms with Gasteiger partial charge in [0.1, 0.15) is 5.65 Å². The summed E-state index contributed by atoms with van der Waals surface area (Å²) in [7, 11) is 0. The Balaban J connectivity index is 1.88. The number of fused-ring (bicyclic) bond motifs is 1. The first-order valence-electron chi connectivity index (χ1n) is 5.82. The molecule has 0 aromatic carbocycles. The molecule has 0 unspecified atom stereocenters. The van der Waals surface area contributed by atoms with E-state index < -0.39 is 12.3 Å². The number of aromatic amines is 1.